The minimum absolute atomic E-state index is 0.241. The maximum Gasteiger partial charge on any atom is 0.329 e. The minimum atomic E-state index is -1.22. The van der Waals surface area contributed by atoms with Crippen LogP contribution in [0.15, 0.2) is 18.2 Å². The summed E-state index contributed by atoms with van der Waals surface area (Å²) in [5, 5.41) is 12.5. The monoisotopic (exact) mass is 276 g/mol. The number of nitrogens with one attached hydrogen (secondary N) is 1. The molecule has 5 nitrogen and oxygen atoms in total. The molecule has 2 rings (SSSR count). The van der Waals surface area contributed by atoms with E-state index in [0.29, 0.717) is 12.1 Å². The number of carboxylic acids is 1. The molecule has 1 amide bonds. The fourth-order valence-electron chi connectivity index (χ4n) is 2.50. The smallest absolute Gasteiger partial charge is 0.329 e. The number of carboxylic acid groups (broad SMARTS) is 1. The molecule has 0 unspecified atom stereocenters. The van der Waals surface area contributed by atoms with Gasteiger partial charge in [-0.05, 0) is 51.0 Å². The fraction of sp³-hybridized carbons (Fsp3) is 0.467. The molecule has 1 heterocycles. The van der Waals surface area contributed by atoms with Crippen molar-refractivity contribution >= 4 is 17.6 Å². The lowest BCUT2D eigenvalue weighted by molar-refractivity contribution is -0.147. The van der Waals surface area contributed by atoms with Gasteiger partial charge in [0, 0.05) is 24.3 Å². The summed E-state index contributed by atoms with van der Waals surface area (Å²) in [7, 11) is 0. The van der Waals surface area contributed by atoms with Gasteiger partial charge in [-0.2, -0.15) is 0 Å². The highest BCUT2D eigenvalue weighted by Gasteiger charge is 2.37. The quantitative estimate of drug-likeness (QED) is 0.882. The molecule has 1 aromatic rings. The van der Waals surface area contributed by atoms with Crippen LogP contribution in [0.1, 0.15) is 36.7 Å². The average Bonchev–Trinajstić information content (AvgIpc) is 2.85. The molecular formula is C15H20N2O3. The molecule has 5 heteroatoms. The first kappa shape index (κ1) is 14.4. The van der Waals surface area contributed by atoms with Crippen LogP contribution in [0.4, 0.5) is 5.69 Å². The number of hydrogen-bond acceptors (Lipinski definition) is 3. The number of carbonyl (C=O) groups is 2. The normalized spacial score (nSPS) is 13.6. The first-order valence-corrected chi connectivity index (χ1v) is 6.80. The number of anilines is 1. The van der Waals surface area contributed by atoms with Crippen molar-refractivity contribution in [2.45, 2.75) is 32.7 Å². The highest BCUT2D eigenvalue weighted by atomic mass is 16.4. The lowest BCUT2D eigenvalue weighted by Crippen LogP contribution is -2.52. The van der Waals surface area contributed by atoms with E-state index in [9.17, 15) is 14.7 Å². The zero-order valence-corrected chi connectivity index (χ0v) is 12.1. The zero-order valence-electron chi connectivity index (χ0n) is 12.1. The summed E-state index contributed by atoms with van der Waals surface area (Å²) >= 11 is 0. The van der Waals surface area contributed by atoms with E-state index in [1.165, 1.54) is 4.90 Å². The van der Waals surface area contributed by atoms with Gasteiger partial charge >= 0.3 is 5.97 Å². The van der Waals surface area contributed by atoms with E-state index < -0.39 is 11.5 Å². The van der Waals surface area contributed by atoms with Crippen molar-refractivity contribution in [3.8, 4) is 0 Å². The van der Waals surface area contributed by atoms with Gasteiger partial charge in [0.05, 0.1) is 0 Å². The number of rotatable bonds is 4. The molecule has 0 saturated carbocycles. The van der Waals surface area contributed by atoms with E-state index in [-0.39, 0.29) is 5.91 Å². The second-order valence-corrected chi connectivity index (χ2v) is 5.46. The van der Waals surface area contributed by atoms with Crippen LogP contribution in [-0.2, 0) is 11.2 Å². The highest BCUT2D eigenvalue weighted by Crippen LogP contribution is 2.25. The van der Waals surface area contributed by atoms with Crippen LogP contribution in [0.2, 0.25) is 0 Å². The summed E-state index contributed by atoms with van der Waals surface area (Å²) in [6.07, 6.45) is 0.894. The van der Waals surface area contributed by atoms with E-state index in [4.69, 9.17) is 0 Å². The van der Waals surface area contributed by atoms with Gasteiger partial charge in [-0.15, -0.1) is 0 Å². The summed E-state index contributed by atoms with van der Waals surface area (Å²) in [5.74, 6) is -1.25. The van der Waals surface area contributed by atoms with Gasteiger partial charge < -0.3 is 15.3 Å². The molecule has 1 aromatic carbocycles. The van der Waals surface area contributed by atoms with Crippen LogP contribution in [0.3, 0.4) is 0 Å². The number of amides is 1. The van der Waals surface area contributed by atoms with Crippen LogP contribution in [-0.4, -0.2) is 40.5 Å². The molecule has 0 bridgehead atoms. The van der Waals surface area contributed by atoms with E-state index in [1.54, 1.807) is 26.8 Å². The number of likely N-dealkylation sites (N-methyl/N-ethyl adjacent to an activating group) is 1. The number of nitrogens with zero attached hydrogens (tertiary/aromatic N) is 1. The Labute approximate surface area is 118 Å². The van der Waals surface area contributed by atoms with Gasteiger partial charge in [0.25, 0.3) is 5.91 Å². The third-order valence-electron chi connectivity index (χ3n) is 3.82. The van der Waals surface area contributed by atoms with E-state index in [1.807, 2.05) is 12.1 Å². The highest BCUT2D eigenvalue weighted by molar-refractivity contribution is 5.98. The molecule has 0 atom stereocenters. The number of carbonyl (C=O) groups excluding carboxylic acids is 1. The van der Waals surface area contributed by atoms with Crippen molar-refractivity contribution in [1.29, 1.82) is 0 Å². The topological polar surface area (TPSA) is 69.6 Å². The van der Waals surface area contributed by atoms with Gasteiger partial charge in [0.1, 0.15) is 5.54 Å². The van der Waals surface area contributed by atoms with Gasteiger partial charge in [-0.25, -0.2) is 4.79 Å². The molecule has 0 saturated heterocycles. The van der Waals surface area contributed by atoms with Crippen LogP contribution in [0, 0.1) is 0 Å². The first-order valence-electron chi connectivity index (χ1n) is 6.80. The van der Waals surface area contributed by atoms with Gasteiger partial charge in [0.15, 0.2) is 0 Å². The van der Waals surface area contributed by atoms with Crippen molar-refractivity contribution in [2.24, 2.45) is 0 Å². The van der Waals surface area contributed by atoms with Crippen molar-refractivity contribution in [1.82, 2.24) is 4.90 Å². The number of hydrogen-bond donors (Lipinski definition) is 2. The average molecular weight is 276 g/mol. The second-order valence-electron chi connectivity index (χ2n) is 5.46. The number of aliphatic carboxylic acids is 1. The Morgan fingerprint density at radius 3 is 2.70 bits per heavy atom. The molecule has 2 N–H and O–H groups in total. The molecule has 108 valence electrons. The molecule has 0 radical (unpaired) electrons. The molecule has 20 heavy (non-hydrogen) atoms. The molecule has 1 aliphatic heterocycles. The standard InChI is InChI=1S/C15H20N2O3/c1-4-17(15(2,3)14(19)20)13(18)11-5-6-12-10(9-11)7-8-16-12/h5-6,9,16H,4,7-8H2,1-3H3,(H,19,20). The lowest BCUT2D eigenvalue weighted by Gasteiger charge is -2.34. The minimum Gasteiger partial charge on any atom is -0.480 e. The third kappa shape index (κ3) is 2.35. The first-order chi connectivity index (χ1) is 9.37. The zero-order chi connectivity index (χ0) is 14.9. The Morgan fingerprint density at radius 1 is 1.40 bits per heavy atom. The third-order valence-corrected chi connectivity index (χ3v) is 3.82. The van der Waals surface area contributed by atoms with Gasteiger partial charge in [-0.3, -0.25) is 4.79 Å². The van der Waals surface area contributed by atoms with Crippen molar-refractivity contribution in [3.05, 3.63) is 29.3 Å². The molecule has 0 spiro atoms. The molecule has 0 fully saturated rings. The predicted octanol–water partition coefficient (Wildman–Crippen LogP) is 1.98. The second kappa shape index (κ2) is 5.15. The molecule has 0 aliphatic carbocycles. The SMILES string of the molecule is CCN(C(=O)c1ccc2c(c1)CCN2)C(C)(C)C(=O)O. The van der Waals surface area contributed by atoms with Gasteiger partial charge in [0.2, 0.25) is 0 Å². The summed E-state index contributed by atoms with van der Waals surface area (Å²) < 4.78 is 0. The van der Waals surface area contributed by atoms with Crippen LogP contribution < -0.4 is 5.32 Å². The van der Waals surface area contributed by atoms with Crippen molar-refractivity contribution in [2.75, 3.05) is 18.4 Å². The van der Waals surface area contributed by atoms with E-state index in [0.717, 1.165) is 24.2 Å². The summed E-state index contributed by atoms with van der Waals surface area (Å²) in [6.45, 7) is 6.12. The van der Waals surface area contributed by atoms with Crippen LogP contribution in [0.5, 0.6) is 0 Å². The van der Waals surface area contributed by atoms with Crippen molar-refractivity contribution < 1.29 is 14.7 Å². The lowest BCUT2D eigenvalue weighted by atomic mass is 10.0. The molecule has 1 aliphatic rings. The number of benzene rings is 1. The Bertz CT molecular complexity index is 552. The van der Waals surface area contributed by atoms with Crippen LogP contribution in [0.25, 0.3) is 0 Å². The largest absolute Gasteiger partial charge is 0.480 e. The summed E-state index contributed by atoms with van der Waals surface area (Å²) in [5.41, 5.74) is 1.49. The van der Waals surface area contributed by atoms with E-state index in [2.05, 4.69) is 5.32 Å². The maximum atomic E-state index is 12.6. The molecule has 0 aromatic heterocycles. The van der Waals surface area contributed by atoms with Gasteiger partial charge in [-0.1, -0.05) is 0 Å². The van der Waals surface area contributed by atoms with Crippen molar-refractivity contribution in [3.63, 3.8) is 0 Å². The summed E-state index contributed by atoms with van der Waals surface area (Å²) in [4.78, 5) is 25.3. The fourth-order valence-corrected chi connectivity index (χ4v) is 2.50. The van der Waals surface area contributed by atoms with E-state index >= 15 is 0 Å². The summed E-state index contributed by atoms with van der Waals surface area (Å²) in [6, 6.07) is 5.50. The maximum absolute atomic E-state index is 12.6. The number of fused-ring (bicyclic) bond motifs is 1. The Hall–Kier alpha value is -2.04. The molecular weight excluding hydrogens is 256 g/mol. The van der Waals surface area contributed by atoms with Crippen LogP contribution >= 0.6 is 0 Å². The Kier molecular flexibility index (Phi) is 3.70. The Morgan fingerprint density at radius 2 is 2.10 bits per heavy atom. The predicted molar refractivity (Wildman–Crippen MR) is 77.1 cm³/mol. The Balaban J connectivity index is 2.32.